The normalized spacial score (nSPS) is 26.2. The van der Waals surface area contributed by atoms with Gasteiger partial charge in [-0.3, -0.25) is 0 Å². The Balaban J connectivity index is 1.82. The Kier molecular flexibility index (Phi) is 2.56. The molecular weight excluding hydrogens is 180 g/mol. The molecule has 1 heterocycles. The summed E-state index contributed by atoms with van der Waals surface area (Å²) in [4.78, 5) is 3.28. The molecule has 0 radical (unpaired) electrons. The largest absolute Gasteiger partial charge is 0.393 e. The third-order valence-electron chi connectivity index (χ3n) is 3.26. The Bertz CT molecular complexity index is 205. The standard InChI is InChI=1S/C10H18N2S/c11-9(13)7-10(3-4-10)8-12-5-1-2-6-12/h1-8H2,(H2,11,13). The smallest absolute Gasteiger partial charge is 0.0733 e. The summed E-state index contributed by atoms with van der Waals surface area (Å²) in [6, 6.07) is 0. The van der Waals surface area contributed by atoms with Crippen LogP contribution < -0.4 is 5.73 Å². The summed E-state index contributed by atoms with van der Waals surface area (Å²) in [5.74, 6) is 0. The second-order valence-electron chi connectivity index (χ2n) is 4.63. The van der Waals surface area contributed by atoms with Crippen molar-refractivity contribution in [2.45, 2.75) is 32.1 Å². The molecule has 1 saturated carbocycles. The van der Waals surface area contributed by atoms with Crippen molar-refractivity contribution in [1.29, 1.82) is 0 Å². The van der Waals surface area contributed by atoms with Crippen molar-refractivity contribution >= 4 is 17.2 Å². The van der Waals surface area contributed by atoms with E-state index in [1.807, 2.05) is 0 Å². The van der Waals surface area contributed by atoms with Crippen LogP contribution in [0.2, 0.25) is 0 Å². The molecule has 74 valence electrons. The second kappa shape index (κ2) is 3.54. The van der Waals surface area contributed by atoms with Gasteiger partial charge in [-0.15, -0.1) is 0 Å². The van der Waals surface area contributed by atoms with Gasteiger partial charge in [-0.2, -0.15) is 0 Å². The van der Waals surface area contributed by atoms with Crippen LogP contribution in [0.25, 0.3) is 0 Å². The van der Waals surface area contributed by atoms with Crippen LogP contribution in [-0.2, 0) is 0 Å². The van der Waals surface area contributed by atoms with Gasteiger partial charge >= 0.3 is 0 Å². The molecule has 1 aliphatic heterocycles. The van der Waals surface area contributed by atoms with Crippen LogP contribution in [0.5, 0.6) is 0 Å². The zero-order valence-corrected chi connectivity index (χ0v) is 8.91. The number of hydrogen-bond acceptors (Lipinski definition) is 2. The first-order valence-corrected chi connectivity index (χ1v) is 5.62. The number of hydrogen-bond donors (Lipinski definition) is 1. The number of likely N-dealkylation sites (tertiary alicyclic amines) is 1. The Morgan fingerprint density at radius 3 is 2.38 bits per heavy atom. The first-order valence-electron chi connectivity index (χ1n) is 5.21. The van der Waals surface area contributed by atoms with Crippen LogP contribution >= 0.6 is 12.2 Å². The molecule has 0 bridgehead atoms. The molecule has 0 spiro atoms. The van der Waals surface area contributed by atoms with E-state index in [0.717, 1.165) is 6.42 Å². The third kappa shape index (κ3) is 2.41. The molecule has 2 N–H and O–H groups in total. The number of nitrogens with zero attached hydrogens (tertiary/aromatic N) is 1. The molecular formula is C10H18N2S. The Labute approximate surface area is 85.5 Å². The summed E-state index contributed by atoms with van der Waals surface area (Å²) in [7, 11) is 0. The van der Waals surface area contributed by atoms with Crippen LogP contribution in [0.4, 0.5) is 0 Å². The molecule has 0 aromatic carbocycles. The van der Waals surface area contributed by atoms with E-state index in [2.05, 4.69) is 4.90 Å². The maximum absolute atomic E-state index is 5.61. The van der Waals surface area contributed by atoms with Crippen molar-refractivity contribution in [2.24, 2.45) is 11.1 Å². The zero-order valence-electron chi connectivity index (χ0n) is 8.09. The molecule has 2 fully saturated rings. The first-order chi connectivity index (χ1) is 6.20. The highest BCUT2D eigenvalue weighted by Gasteiger charge is 2.44. The lowest BCUT2D eigenvalue weighted by molar-refractivity contribution is 0.268. The lowest BCUT2D eigenvalue weighted by atomic mass is 10.0. The molecule has 2 rings (SSSR count). The van der Waals surface area contributed by atoms with E-state index in [4.69, 9.17) is 18.0 Å². The van der Waals surface area contributed by atoms with Gasteiger partial charge < -0.3 is 10.6 Å². The summed E-state index contributed by atoms with van der Waals surface area (Å²) in [5, 5.41) is 0. The minimum atomic E-state index is 0.496. The predicted molar refractivity (Wildman–Crippen MR) is 58.7 cm³/mol. The van der Waals surface area contributed by atoms with Gasteiger partial charge in [-0.25, -0.2) is 0 Å². The average molecular weight is 198 g/mol. The van der Waals surface area contributed by atoms with Gasteiger partial charge in [-0.1, -0.05) is 12.2 Å². The highest BCUT2D eigenvalue weighted by atomic mass is 32.1. The minimum Gasteiger partial charge on any atom is -0.393 e. The molecule has 13 heavy (non-hydrogen) atoms. The van der Waals surface area contributed by atoms with E-state index < -0.39 is 0 Å². The van der Waals surface area contributed by atoms with Crippen LogP contribution in [0.1, 0.15) is 32.1 Å². The van der Waals surface area contributed by atoms with E-state index in [1.165, 1.54) is 45.3 Å². The fraction of sp³-hybridized carbons (Fsp3) is 0.900. The molecule has 0 aromatic heterocycles. The van der Waals surface area contributed by atoms with E-state index in [1.54, 1.807) is 0 Å². The Morgan fingerprint density at radius 1 is 1.31 bits per heavy atom. The number of rotatable bonds is 4. The van der Waals surface area contributed by atoms with Crippen molar-refractivity contribution < 1.29 is 0 Å². The van der Waals surface area contributed by atoms with Crippen molar-refractivity contribution in [3.63, 3.8) is 0 Å². The van der Waals surface area contributed by atoms with Gasteiger partial charge in [0.15, 0.2) is 0 Å². The minimum absolute atomic E-state index is 0.496. The van der Waals surface area contributed by atoms with E-state index >= 15 is 0 Å². The van der Waals surface area contributed by atoms with Crippen LogP contribution in [0, 0.1) is 5.41 Å². The van der Waals surface area contributed by atoms with Crippen molar-refractivity contribution in [3.05, 3.63) is 0 Å². The monoisotopic (exact) mass is 198 g/mol. The summed E-state index contributed by atoms with van der Waals surface area (Å²) in [6.45, 7) is 3.82. The van der Waals surface area contributed by atoms with E-state index in [0.29, 0.717) is 10.4 Å². The topological polar surface area (TPSA) is 29.3 Å². The summed E-state index contributed by atoms with van der Waals surface area (Å²) in [6.07, 6.45) is 6.40. The number of thiocarbonyl (C=S) groups is 1. The van der Waals surface area contributed by atoms with Crippen molar-refractivity contribution in [3.8, 4) is 0 Å². The van der Waals surface area contributed by atoms with E-state index in [9.17, 15) is 0 Å². The predicted octanol–water partition coefficient (Wildman–Crippen LogP) is 1.54. The third-order valence-corrected chi connectivity index (χ3v) is 3.41. The van der Waals surface area contributed by atoms with Crippen molar-refractivity contribution in [2.75, 3.05) is 19.6 Å². The highest BCUT2D eigenvalue weighted by Crippen LogP contribution is 2.49. The maximum Gasteiger partial charge on any atom is 0.0733 e. The lowest BCUT2D eigenvalue weighted by Gasteiger charge is -2.22. The molecule has 3 heteroatoms. The fourth-order valence-corrected chi connectivity index (χ4v) is 2.66. The van der Waals surface area contributed by atoms with Crippen molar-refractivity contribution in [1.82, 2.24) is 4.90 Å². The summed E-state index contributed by atoms with van der Waals surface area (Å²) in [5.41, 5.74) is 6.10. The van der Waals surface area contributed by atoms with Gasteiger partial charge in [0.05, 0.1) is 4.99 Å². The van der Waals surface area contributed by atoms with Gasteiger partial charge in [-0.05, 0) is 44.2 Å². The SMILES string of the molecule is NC(=S)CC1(CN2CCCC2)CC1. The Morgan fingerprint density at radius 2 is 1.92 bits per heavy atom. The van der Waals surface area contributed by atoms with Gasteiger partial charge in [0.25, 0.3) is 0 Å². The number of nitrogens with two attached hydrogens (primary N) is 1. The lowest BCUT2D eigenvalue weighted by Crippen LogP contribution is -2.30. The average Bonchev–Trinajstić information content (AvgIpc) is 2.61. The summed E-state index contributed by atoms with van der Waals surface area (Å²) >= 11 is 4.98. The fourth-order valence-electron chi connectivity index (χ4n) is 2.35. The van der Waals surface area contributed by atoms with Crippen LogP contribution in [0.15, 0.2) is 0 Å². The molecule has 0 unspecified atom stereocenters. The highest BCUT2D eigenvalue weighted by molar-refractivity contribution is 7.80. The molecule has 0 atom stereocenters. The summed E-state index contributed by atoms with van der Waals surface area (Å²) < 4.78 is 0. The Hall–Kier alpha value is -0.150. The quantitative estimate of drug-likeness (QED) is 0.695. The second-order valence-corrected chi connectivity index (χ2v) is 5.15. The van der Waals surface area contributed by atoms with Gasteiger partial charge in [0.2, 0.25) is 0 Å². The molecule has 1 saturated heterocycles. The van der Waals surface area contributed by atoms with Gasteiger partial charge in [0, 0.05) is 13.0 Å². The molecule has 2 aliphatic rings. The molecule has 0 aromatic rings. The van der Waals surface area contributed by atoms with Crippen LogP contribution in [0.3, 0.4) is 0 Å². The molecule has 1 aliphatic carbocycles. The molecule has 0 amide bonds. The molecule has 2 nitrogen and oxygen atoms in total. The first kappa shape index (κ1) is 9.41. The van der Waals surface area contributed by atoms with Crippen LogP contribution in [-0.4, -0.2) is 29.5 Å². The zero-order chi connectivity index (χ0) is 9.31. The van der Waals surface area contributed by atoms with Gasteiger partial charge in [0.1, 0.15) is 0 Å². The van der Waals surface area contributed by atoms with E-state index in [-0.39, 0.29) is 0 Å². The maximum atomic E-state index is 5.61.